The van der Waals surface area contributed by atoms with Crippen molar-refractivity contribution >= 4 is 21.8 Å². The van der Waals surface area contributed by atoms with Gasteiger partial charge in [0.25, 0.3) is 0 Å². The van der Waals surface area contributed by atoms with E-state index >= 15 is 0 Å². The molecule has 1 aromatic heterocycles. The zero-order valence-electron chi connectivity index (χ0n) is 17.9. The topological polar surface area (TPSA) is 28.3 Å². The minimum Gasteiger partial charge on any atom is -0.497 e. The van der Waals surface area contributed by atoms with Crippen molar-refractivity contribution in [3.63, 3.8) is 0 Å². The highest BCUT2D eigenvalue weighted by Gasteiger charge is 2.21. The number of nitrogens with one attached hydrogen (secondary N) is 1. The number of hydrogen-bond acceptors (Lipinski definition) is 2. The van der Waals surface area contributed by atoms with Crippen molar-refractivity contribution in [3.05, 3.63) is 76.9 Å². The van der Waals surface area contributed by atoms with Crippen LogP contribution in [0.3, 0.4) is 0 Å². The van der Waals surface area contributed by atoms with E-state index in [2.05, 4.69) is 65.3 Å². The minimum atomic E-state index is 0.894. The molecule has 0 spiro atoms. The molecule has 1 N–H and O–H groups in total. The third kappa shape index (κ3) is 3.63. The van der Waals surface area contributed by atoms with Crippen LogP contribution in [0, 0.1) is 6.92 Å². The first-order valence-corrected chi connectivity index (χ1v) is 10.6. The molecule has 0 atom stereocenters. The molecule has 0 saturated heterocycles. The second-order valence-electron chi connectivity index (χ2n) is 7.54. The van der Waals surface area contributed by atoms with Crippen LogP contribution in [-0.2, 0) is 19.5 Å². The first-order chi connectivity index (χ1) is 14.2. The standard InChI is InChI=1S/C24H24N2O.C2H6/c1-16-20-10-11-26(14-17-6-4-3-5-7-17)15-18(20)12-22-21-9-8-19(27-2)13-23(21)25-24(16)22;1-2/h3-9,12-13,25H,10-11,14-15H2,1-2H3;1-2H3. The van der Waals surface area contributed by atoms with Crippen molar-refractivity contribution in [3.8, 4) is 5.75 Å². The van der Waals surface area contributed by atoms with Crippen LogP contribution < -0.4 is 4.74 Å². The third-order valence-corrected chi connectivity index (χ3v) is 5.90. The lowest BCUT2D eigenvalue weighted by atomic mass is 9.92. The Morgan fingerprint density at radius 1 is 1.00 bits per heavy atom. The number of fused-ring (bicyclic) bond motifs is 4. The van der Waals surface area contributed by atoms with E-state index in [1.165, 1.54) is 38.5 Å². The van der Waals surface area contributed by atoms with Crippen LogP contribution in [0.4, 0.5) is 0 Å². The molecule has 0 fully saturated rings. The number of methoxy groups -OCH3 is 1. The largest absolute Gasteiger partial charge is 0.497 e. The van der Waals surface area contributed by atoms with E-state index in [4.69, 9.17) is 4.74 Å². The molecule has 2 heterocycles. The molecule has 4 aromatic rings. The monoisotopic (exact) mass is 386 g/mol. The van der Waals surface area contributed by atoms with Crippen molar-refractivity contribution in [2.75, 3.05) is 13.7 Å². The maximum absolute atomic E-state index is 5.39. The van der Waals surface area contributed by atoms with E-state index < -0.39 is 0 Å². The molecule has 1 aliphatic heterocycles. The number of hydrogen-bond donors (Lipinski definition) is 1. The number of aryl methyl sites for hydroxylation is 1. The van der Waals surface area contributed by atoms with Gasteiger partial charge in [-0.3, -0.25) is 4.90 Å². The maximum atomic E-state index is 5.39. The van der Waals surface area contributed by atoms with E-state index in [0.29, 0.717) is 0 Å². The Labute approximate surface area is 173 Å². The predicted octanol–water partition coefficient (Wildman–Crippen LogP) is 6.22. The number of rotatable bonds is 3. The van der Waals surface area contributed by atoms with Gasteiger partial charge in [-0.05, 0) is 53.8 Å². The molecule has 150 valence electrons. The molecule has 3 aromatic carbocycles. The number of aromatic amines is 1. The molecule has 3 heteroatoms. The molecule has 0 unspecified atom stereocenters. The van der Waals surface area contributed by atoms with Crippen molar-refractivity contribution in [1.82, 2.24) is 9.88 Å². The summed E-state index contributed by atoms with van der Waals surface area (Å²) in [6, 6.07) is 19.5. The van der Waals surface area contributed by atoms with Gasteiger partial charge < -0.3 is 9.72 Å². The fourth-order valence-corrected chi connectivity index (χ4v) is 4.48. The van der Waals surface area contributed by atoms with Gasteiger partial charge >= 0.3 is 0 Å². The van der Waals surface area contributed by atoms with Crippen LogP contribution in [0.2, 0.25) is 0 Å². The Morgan fingerprint density at radius 3 is 2.55 bits per heavy atom. The van der Waals surface area contributed by atoms with Crippen LogP contribution >= 0.6 is 0 Å². The molecule has 5 rings (SSSR count). The summed E-state index contributed by atoms with van der Waals surface area (Å²) in [5.41, 5.74) is 8.20. The number of aromatic nitrogens is 1. The van der Waals surface area contributed by atoms with E-state index in [0.717, 1.165) is 37.3 Å². The van der Waals surface area contributed by atoms with Crippen molar-refractivity contribution in [1.29, 1.82) is 0 Å². The molecule has 3 nitrogen and oxygen atoms in total. The molecule has 0 saturated carbocycles. The van der Waals surface area contributed by atoms with Gasteiger partial charge in [0, 0.05) is 42.0 Å². The number of ether oxygens (including phenoxy) is 1. The Balaban J connectivity index is 0.000000994. The SMILES string of the molecule is CC.COc1ccc2c(c1)[nH]c1c(C)c3c(cc12)CN(Cc1ccccc1)CC3. The van der Waals surface area contributed by atoms with Crippen LogP contribution in [-0.4, -0.2) is 23.5 Å². The van der Waals surface area contributed by atoms with Crippen LogP contribution in [0.1, 0.15) is 36.1 Å². The molecule has 0 amide bonds. The lowest BCUT2D eigenvalue weighted by Crippen LogP contribution is -2.30. The summed E-state index contributed by atoms with van der Waals surface area (Å²) in [6.07, 6.45) is 1.11. The Morgan fingerprint density at radius 2 is 1.79 bits per heavy atom. The number of benzene rings is 3. The number of H-pyrrole nitrogens is 1. The summed E-state index contributed by atoms with van der Waals surface area (Å²) >= 11 is 0. The van der Waals surface area contributed by atoms with Gasteiger partial charge in [-0.1, -0.05) is 44.2 Å². The highest BCUT2D eigenvalue weighted by Crippen LogP contribution is 2.35. The minimum absolute atomic E-state index is 0.894. The average molecular weight is 387 g/mol. The summed E-state index contributed by atoms with van der Waals surface area (Å²) in [7, 11) is 1.72. The molecule has 29 heavy (non-hydrogen) atoms. The van der Waals surface area contributed by atoms with Gasteiger partial charge in [-0.25, -0.2) is 0 Å². The van der Waals surface area contributed by atoms with Crippen molar-refractivity contribution < 1.29 is 4.74 Å². The highest BCUT2D eigenvalue weighted by molar-refractivity contribution is 6.09. The van der Waals surface area contributed by atoms with Crippen LogP contribution in [0.25, 0.3) is 21.8 Å². The van der Waals surface area contributed by atoms with Crippen LogP contribution in [0.15, 0.2) is 54.6 Å². The second-order valence-corrected chi connectivity index (χ2v) is 7.54. The second kappa shape index (κ2) is 8.30. The lowest BCUT2D eigenvalue weighted by Gasteiger charge is -2.30. The fraction of sp³-hybridized carbons (Fsp3) is 0.308. The van der Waals surface area contributed by atoms with E-state index in [1.54, 1.807) is 7.11 Å². The Hall–Kier alpha value is -2.78. The van der Waals surface area contributed by atoms with Gasteiger partial charge in [-0.15, -0.1) is 0 Å². The summed E-state index contributed by atoms with van der Waals surface area (Å²) in [5.74, 6) is 0.894. The zero-order chi connectivity index (χ0) is 20.4. The van der Waals surface area contributed by atoms with E-state index in [9.17, 15) is 0 Å². The van der Waals surface area contributed by atoms with Gasteiger partial charge in [-0.2, -0.15) is 0 Å². The summed E-state index contributed by atoms with van der Waals surface area (Å²) in [6.45, 7) is 9.41. The molecule has 0 bridgehead atoms. The highest BCUT2D eigenvalue weighted by atomic mass is 16.5. The predicted molar refractivity (Wildman–Crippen MR) is 123 cm³/mol. The van der Waals surface area contributed by atoms with E-state index in [-0.39, 0.29) is 0 Å². The molecular formula is C26H30N2O. The Kier molecular flexibility index (Phi) is 5.59. The molecule has 1 aliphatic rings. The van der Waals surface area contributed by atoms with Crippen molar-refractivity contribution in [2.24, 2.45) is 0 Å². The average Bonchev–Trinajstić information content (AvgIpc) is 3.14. The lowest BCUT2D eigenvalue weighted by molar-refractivity contribution is 0.245. The molecule has 0 aliphatic carbocycles. The summed E-state index contributed by atoms with van der Waals surface area (Å²) < 4.78 is 5.39. The normalized spacial score (nSPS) is 13.8. The molecule has 0 radical (unpaired) electrons. The third-order valence-electron chi connectivity index (χ3n) is 5.90. The quantitative estimate of drug-likeness (QED) is 0.452. The van der Waals surface area contributed by atoms with Crippen LogP contribution in [0.5, 0.6) is 5.75 Å². The Bertz CT molecular complexity index is 1130. The fourth-order valence-electron chi connectivity index (χ4n) is 4.48. The molecular weight excluding hydrogens is 356 g/mol. The van der Waals surface area contributed by atoms with Gasteiger partial charge in [0.2, 0.25) is 0 Å². The zero-order valence-corrected chi connectivity index (χ0v) is 17.9. The van der Waals surface area contributed by atoms with Crippen molar-refractivity contribution in [2.45, 2.75) is 40.3 Å². The first kappa shape index (κ1) is 19.5. The maximum Gasteiger partial charge on any atom is 0.120 e. The summed E-state index contributed by atoms with van der Waals surface area (Å²) in [5, 5.41) is 2.60. The smallest absolute Gasteiger partial charge is 0.120 e. The van der Waals surface area contributed by atoms with E-state index in [1.807, 2.05) is 19.9 Å². The van der Waals surface area contributed by atoms with Gasteiger partial charge in [0.1, 0.15) is 5.75 Å². The summed E-state index contributed by atoms with van der Waals surface area (Å²) in [4.78, 5) is 6.18. The van der Waals surface area contributed by atoms with Gasteiger partial charge in [0.15, 0.2) is 0 Å². The first-order valence-electron chi connectivity index (χ1n) is 10.6. The number of nitrogens with zero attached hydrogens (tertiary/aromatic N) is 1. The van der Waals surface area contributed by atoms with Gasteiger partial charge in [0.05, 0.1) is 12.6 Å².